The molecular weight excluding hydrogens is 350 g/mol. The Kier molecular flexibility index (Phi) is 4.09. The van der Waals surface area contributed by atoms with Crippen molar-refractivity contribution in [2.75, 3.05) is 18.8 Å². The molecule has 2 aromatic heterocycles. The summed E-state index contributed by atoms with van der Waals surface area (Å²) in [6, 6.07) is 3.40. The lowest BCUT2D eigenvalue weighted by Gasteiger charge is -2.28. The molecule has 4 heterocycles. The monoisotopic (exact) mass is 368 g/mol. The molecule has 134 valence electrons. The van der Waals surface area contributed by atoms with Crippen LogP contribution in [0.15, 0.2) is 28.5 Å². The Labute approximate surface area is 146 Å². The largest absolute Gasteiger partial charge is 0.383 e. The minimum absolute atomic E-state index is 0.000929. The van der Waals surface area contributed by atoms with E-state index in [4.69, 9.17) is 10.5 Å². The zero-order valence-corrected chi connectivity index (χ0v) is 14.2. The number of nitrogen functional groups attached to an aromatic ring is 1. The third-order valence-electron chi connectivity index (χ3n) is 4.64. The van der Waals surface area contributed by atoms with Gasteiger partial charge in [0, 0.05) is 37.1 Å². The highest BCUT2D eigenvalue weighted by molar-refractivity contribution is 7.10. The molecule has 2 aromatic rings. The van der Waals surface area contributed by atoms with Crippen LogP contribution < -0.4 is 11.4 Å². The number of halogens is 2. The molecule has 1 unspecified atom stereocenters. The minimum atomic E-state index is -3.13. The molecule has 1 fully saturated rings. The topological polar surface area (TPSA) is 73.4 Å². The molecule has 0 bridgehead atoms. The first-order chi connectivity index (χ1) is 11.9. The van der Waals surface area contributed by atoms with E-state index in [9.17, 15) is 13.6 Å². The highest BCUT2D eigenvalue weighted by Crippen LogP contribution is 2.42. The fourth-order valence-electron chi connectivity index (χ4n) is 3.47. The number of thiophene rings is 1. The first-order valence-electron chi connectivity index (χ1n) is 8.08. The number of anilines is 1. The average Bonchev–Trinajstić information content (AvgIpc) is 3.11. The zero-order valence-electron chi connectivity index (χ0n) is 13.4. The van der Waals surface area contributed by atoms with Crippen LogP contribution in [0.25, 0.3) is 0 Å². The van der Waals surface area contributed by atoms with Crippen molar-refractivity contribution in [1.29, 1.82) is 0 Å². The van der Waals surface area contributed by atoms with Gasteiger partial charge in [-0.3, -0.25) is 9.47 Å². The number of hydrogen-bond donors (Lipinski definition) is 1. The standard InChI is InChI=1S/C16H18F2N4O2S/c17-16(18)7-11(9-21-4-1-12-10(8-21)3-6-25-12)24-14(16)22-5-2-13(19)20-15(22)23/h2-3,5-6,11,14H,1,4,7-9H2,(H2,19,20,23)/t11?,14-/m1/s1. The van der Waals surface area contributed by atoms with E-state index < -0.39 is 30.4 Å². The summed E-state index contributed by atoms with van der Waals surface area (Å²) >= 11 is 1.74. The Balaban J connectivity index is 1.48. The first kappa shape index (κ1) is 16.6. The molecule has 2 atom stereocenters. The van der Waals surface area contributed by atoms with E-state index in [1.54, 1.807) is 11.3 Å². The normalized spacial score (nSPS) is 25.8. The molecular formula is C16H18F2N4O2S. The SMILES string of the molecule is Nc1ccn([C@@H]2OC(CN3CCc4sccc4C3)CC2(F)F)c(=O)n1. The van der Waals surface area contributed by atoms with E-state index in [0.717, 1.165) is 24.1 Å². The summed E-state index contributed by atoms with van der Waals surface area (Å²) in [4.78, 5) is 18.9. The number of hydrogen-bond acceptors (Lipinski definition) is 6. The molecule has 25 heavy (non-hydrogen) atoms. The first-order valence-corrected chi connectivity index (χ1v) is 8.96. The van der Waals surface area contributed by atoms with Crippen molar-refractivity contribution in [3.05, 3.63) is 44.6 Å². The van der Waals surface area contributed by atoms with Crippen molar-refractivity contribution < 1.29 is 13.5 Å². The van der Waals surface area contributed by atoms with Crippen LogP contribution >= 0.6 is 11.3 Å². The van der Waals surface area contributed by atoms with Crippen LogP contribution in [0, 0.1) is 0 Å². The Morgan fingerprint density at radius 3 is 3.08 bits per heavy atom. The maximum Gasteiger partial charge on any atom is 0.351 e. The summed E-state index contributed by atoms with van der Waals surface area (Å²) in [6.07, 6.45) is -0.545. The number of rotatable bonds is 3. The van der Waals surface area contributed by atoms with E-state index in [1.807, 2.05) is 0 Å². The van der Waals surface area contributed by atoms with Crippen LogP contribution in [0.2, 0.25) is 0 Å². The van der Waals surface area contributed by atoms with E-state index in [1.165, 1.54) is 22.7 Å². The van der Waals surface area contributed by atoms with E-state index in [2.05, 4.69) is 21.3 Å². The number of aromatic nitrogens is 2. The number of nitrogens with two attached hydrogens (primary N) is 1. The smallest absolute Gasteiger partial charge is 0.351 e. The maximum atomic E-state index is 14.4. The molecule has 1 saturated heterocycles. The molecule has 2 N–H and O–H groups in total. The van der Waals surface area contributed by atoms with Crippen LogP contribution in [-0.2, 0) is 17.7 Å². The fraction of sp³-hybridized carbons (Fsp3) is 0.500. The third kappa shape index (κ3) is 3.19. The summed E-state index contributed by atoms with van der Waals surface area (Å²) in [5.74, 6) is -3.13. The molecule has 0 saturated carbocycles. The predicted octanol–water partition coefficient (Wildman–Crippen LogP) is 1.87. The predicted molar refractivity (Wildman–Crippen MR) is 89.7 cm³/mol. The number of ether oxygens (including phenoxy) is 1. The van der Waals surface area contributed by atoms with Crippen LogP contribution in [0.5, 0.6) is 0 Å². The summed E-state index contributed by atoms with van der Waals surface area (Å²) < 4.78 is 35.2. The number of nitrogens with zero attached hydrogens (tertiary/aromatic N) is 3. The minimum Gasteiger partial charge on any atom is -0.383 e. The molecule has 4 rings (SSSR count). The molecule has 6 nitrogen and oxygen atoms in total. The van der Waals surface area contributed by atoms with Gasteiger partial charge in [-0.25, -0.2) is 13.6 Å². The van der Waals surface area contributed by atoms with Crippen molar-refractivity contribution in [2.45, 2.75) is 37.6 Å². The Hall–Kier alpha value is -1.84. The van der Waals surface area contributed by atoms with Gasteiger partial charge in [0.05, 0.1) is 6.10 Å². The van der Waals surface area contributed by atoms with Gasteiger partial charge in [0.25, 0.3) is 5.92 Å². The van der Waals surface area contributed by atoms with Gasteiger partial charge in [-0.2, -0.15) is 4.98 Å². The zero-order chi connectivity index (χ0) is 17.6. The van der Waals surface area contributed by atoms with Crippen LogP contribution in [0.1, 0.15) is 23.1 Å². The van der Waals surface area contributed by atoms with Gasteiger partial charge >= 0.3 is 5.69 Å². The van der Waals surface area contributed by atoms with Gasteiger partial charge in [0.15, 0.2) is 0 Å². The van der Waals surface area contributed by atoms with E-state index in [0.29, 0.717) is 6.54 Å². The van der Waals surface area contributed by atoms with Crippen molar-refractivity contribution in [3.63, 3.8) is 0 Å². The van der Waals surface area contributed by atoms with Gasteiger partial charge in [0.2, 0.25) is 6.23 Å². The van der Waals surface area contributed by atoms with Crippen molar-refractivity contribution in [1.82, 2.24) is 14.5 Å². The highest BCUT2D eigenvalue weighted by atomic mass is 32.1. The van der Waals surface area contributed by atoms with Gasteiger partial charge in [0.1, 0.15) is 5.82 Å². The van der Waals surface area contributed by atoms with Crippen molar-refractivity contribution in [2.24, 2.45) is 0 Å². The lowest BCUT2D eigenvalue weighted by Crippen LogP contribution is -2.36. The fourth-order valence-corrected chi connectivity index (χ4v) is 4.36. The summed E-state index contributed by atoms with van der Waals surface area (Å²) in [5, 5.41) is 2.06. The lowest BCUT2D eigenvalue weighted by atomic mass is 10.1. The molecule has 0 aromatic carbocycles. The molecule has 0 amide bonds. The highest BCUT2D eigenvalue weighted by Gasteiger charge is 2.52. The summed E-state index contributed by atoms with van der Waals surface area (Å²) in [7, 11) is 0. The summed E-state index contributed by atoms with van der Waals surface area (Å²) in [6.45, 7) is 1.99. The number of alkyl halides is 2. The van der Waals surface area contributed by atoms with Gasteiger partial charge in [-0.1, -0.05) is 0 Å². The second-order valence-corrected chi connectivity index (χ2v) is 7.47. The van der Waals surface area contributed by atoms with Crippen LogP contribution in [0.3, 0.4) is 0 Å². The second-order valence-electron chi connectivity index (χ2n) is 6.47. The maximum absolute atomic E-state index is 14.4. The Bertz CT molecular complexity index is 838. The number of fused-ring (bicyclic) bond motifs is 1. The Morgan fingerprint density at radius 2 is 2.28 bits per heavy atom. The van der Waals surface area contributed by atoms with Gasteiger partial charge < -0.3 is 10.5 Å². The van der Waals surface area contributed by atoms with Gasteiger partial charge in [-0.05, 0) is 29.5 Å². The van der Waals surface area contributed by atoms with E-state index >= 15 is 0 Å². The lowest BCUT2D eigenvalue weighted by molar-refractivity contribution is -0.119. The van der Waals surface area contributed by atoms with Gasteiger partial charge in [-0.15, -0.1) is 11.3 Å². The summed E-state index contributed by atoms with van der Waals surface area (Å²) in [5.41, 5.74) is 5.85. The van der Waals surface area contributed by atoms with Crippen molar-refractivity contribution >= 4 is 17.2 Å². The van der Waals surface area contributed by atoms with E-state index in [-0.39, 0.29) is 5.82 Å². The molecule has 0 spiro atoms. The molecule has 0 radical (unpaired) electrons. The van der Waals surface area contributed by atoms with Crippen LogP contribution in [0.4, 0.5) is 14.6 Å². The molecule has 9 heteroatoms. The molecule has 2 aliphatic rings. The average molecular weight is 368 g/mol. The molecule has 0 aliphatic carbocycles. The third-order valence-corrected chi connectivity index (χ3v) is 5.66. The van der Waals surface area contributed by atoms with Crippen LogP contribution in [-0.4, -0.2) is 39.6 Å². The van der Waals surface area contributed by atoms with Crippen molar-refractivity contribution in [3.8, 4) is 0 Å². The Morgan fingerprint density at radius 1 is 1.44 bits per heavy atom. The quantitative estimate of drug-likeness (QED) is 0.895. The molecule has 2 aliphatic heterocycles. The second kappa shape index (κ2) is 6.15.